The predicted molar refractivity (Wildman–Crippen MR) is 112 cm³/mol. The summed E-state index contributed by atoms with van der Waals surface area (Å²) < 4.78 is 1.78. The van der Waals surface area contributed by atoms with E-state index < -0.39 is 0 Å². The van der Waals surface area contributed by atoms with Gasteiger partial charge in [0.25, 0.3) is 5.91 Å². The summed E-state index contributed by atoms with van der Waals surface area (Å²) >= 11 is 4.54. The molecule has 0 radical (unpaired) electrons. The Morgan fingerprint density at radius 3 is 2.71 bits per heavy atom. The first-order chi connectivity index (χ1) is 13.6. The van der Waals surface area contributed by atoms with Gasteiger partial charge < -0.3 is 5.11 Å². The molecular formula is C19H18N4O2S3. The lowest BCUT2D eigenvalue weighted by molar-refractivity contribution is -0.492. The van der Waals surface area contributed by atoms with Crippen LogP contribution in [0.3, 0.4) is 0 Å². The Bertz CT molecular complexity index is 961. The molecule has 9 heteroatoms. The standard InChI is InChI=1S/C19H18N4O2S3/c1-13(15-9-5-6-10-16(15)24)20-21-17(25)12-27-19-23-22-18(28-19)26-11-14-7-3-2-4-8-14/h2-10,24H,11-12H2,1H3,(H,21,25)/b20-13+. The zero-order valence-electron chi connectivity index (χ0n) is 15.0. The normalized spacial score (nSPS) is 11.4. The van der Waals surface area contributed by atoms with Crippen LogP contribution in [0, 0.1) is 0 Å². The molecule has 0 atom stereocenters. The number of para-hydroxylation sites is 1. The summed E-state index contributed by atoms with van der Waals surface area (Å²) in [6, 6.07) is 16.8. The van der Waals surface area contributed by atoms with E-state index in [0.717, 1.165) is 14.4 Å². The molecule has 1 heterocycles. The highest BCUT2D eigenvalue weighted by molar-refractivity contribution is 8.03. The number of carbonyl (C=O) groups is 1. The lowest BCUT2D eigenvalue weighted by atomic mass is 10.1. The summed E-state index contributed by atoms with van der Waals surface area (Å²) in [4.78, 5) is 12.0. The number of hydrogen-bond donors (Lipinski definition) is 1. The number of hydrazone groups is 1. The number of benzene rings is 2. The van der Waals surface area contributed by atoms with Crippen LogP contribution in [0.15, 0.2) is 68.4 Å². The third-order valence-corrected chi connectivity index (χ3v) is 6.91. The minimum Gasteiger partial charge on any atom is -0.872 e. The minimum absolute atomic E-state index is 0.119. The number of carbonyl (C=O) groups excluding carboxylic acids is 1. The molecule has 0 fully saturated rings. The van der Waals surface area contributed by atoms with E-state index in [1.807, 2.05) is 18.2 Å². The van der Waals surface area contributed by atoms with Gasteiger partial charge in [0.2, 0.25) is 4.34 Å². The molecule has 2 N–H and O–H groups in total. The van der Waals surface area contributed by atoms with Crippen LogP contribution in [-0.4, -0.2) is 22.5 Å². The first-order valence-electron chi connectivity index (χ1n) is 8.39. The van der Waals surface area contributed by atoms with Crippen LogP contribution < -0.4 is 15.6 Å². The monoisotopic (exact) mass is 430 g/mol. The molecule has 144 valence electrons. The van der Waals surface area contributed by atoms with Gasteiger partial charge in [0.15, 0.2) is 0 Å². The van der Waals surface area contributed by atoms with Crippen molar-refractivity contribution in [2.24, 2.45) is 5.10 Å². The smallest absolute Gasteiger partial charge is 0.323 e. The van der Waals surface area contributed by atoms with Gasteiger partial charge in [-0.05, 0) is 41.1 Å². The molecule has 1 aromatic heterocycles. The highest BCUT2D eigenvalue weighted by atomic mass is 32.2. The lowest BCUT2D eigenvalue weighted by Gasteiger charge is -2.12. The van der Waals surface area contributed by atoms with Crippen molar-refractivity contribution in [2.45, 2.75) is 21.4 Å². The number of amides is 1. The van der Waals surface area contributed by atoms with E-state index in [1.165, 1.54) is 34.7 Å². The number of nitrogens with one attached hydrogen (secondary N) is 2. The van der Waals surface area contributed by atoms with Crippen molar-refractivity contribution in [3.63, 3.8) is 0 Å². The van der Waals surface area contributed by atoms with Crippen LogP contribution in [0.5, 0.6) is 5.75 Å². The van der Waals surface area contributed by atoms with Crippen molar-refractivity contribution in [1.82, 2.24) is 10.5 Å². The molecule has 0 saturated carbocycles. The van der Waals surface area contributed by atoms with Crippen molar-refractivity contribution in [1.29, 1.82) is 0 Å². The van der Waals surface area contributed by atoms with Gasteiger partial charge in [-0.2, -0.15) is 5.10 Å². The number of nitrogens with zero attached hydrogens (tertiary/aromatic N) is 2. The van der Waals surface area contributed by atoms with Crippen LogP contribution >= 0.6 is 34.9 Å². The fourth-order valence-corrected chi connectivity index (χ4v) is 5.04. The number of hydrogen-bond acceptors (Lipinski definition) is 7. The molecule has 0 unspecified atom stereocenters. The summed E-state index contributed by atoms with van der Waals surface area (Å²) in [5.41, 5.74) is 4.68. The third kappa shape index (κ3) is 6.08. The summed E-state index contributed by atoms with van der Waals surface area (Å²) in [5.74, 6) is 0.687. The number of thioether (sulfide) groups is 2. The first-order valence-corrected chi connectivity index (χ1v) is 11.2. The Balaban J connectivity index is 1.45. The fourth-order valence-electron chi connectivity index (χ4n) is 2.19. The third-order valence-electron chi connectivity index (χ3n) is 3.58. The second-order valence-electron chi connectivity index (χ2n) is 5.67. The van der Waals surface area contributed by atoms with Gasteiger partial charge in [-0.25, -0.2) is 5.43 Å². The number of aromatic amines is 1. The van der Waals surface area contributed by atoms with Gasteiger partial charge in [-0.3, -0.25) is 4.79 Å². The molecule has 0 bridgehead atoms. The Morgan fingerprint density at radius 2 is 1.93 bits per heavy atom. The second-order valence-corrected chi connectivity index (χ2v) is 9.14. The van der Waals surface area contributed by atoms with E-state index in [0.29, 0.717) is 11.3 Å². The van der Waals surface area contributed by atoms with E-state index in [-0.39, 0.29) is 17.4 Å². The zero-order chi connectivity index (χ0) is 19.8. The molecular weight excluding hydrogens is 412 g/mol. The molecule has 1 amide bonds. The second kappa shape index (κ2) is 10.3. The number of rotatable bonds is 8. The van der Waals surface area contributed by atoms with Crippen LogP contribution in [0.2, 0.25) is 0 Å². The van der Waals surface area contributed by atoms with Gasteiger partial charge in [0, 0.05) is 10.9 Å². The Morgan fingerprint density at radius 1 is 1.18 bits per heavy atom. The minimum atomic E-state index is -0.249. The van der Waals surface area contributed by atoms with Crippen LogP contribution in [0.1, 0.15) is 18.1 Å². The maximum atomic E-state index is 12.0. The van der Waals surface area contributed by atoms with Crippen molar-refractivity contribution >= 4 is 46.5 Å². The molecule has 0 aliphatic carbocycles. The first kappa shape index (κ1) is 20.4. The van der Waals surface area contributed by atoms with Gasteiger partial charge in [0.1, 0.15) is 0 Å². The lowest BCUT2D eigenvalue weighted by Crippen LogP contribution is -2.21. The highest BCUT2D eigenvalue weighted by Gasteiger charge is 2.13. The van der Waals surface area contributed by atoms with E-state index in [4.69, 9.17) is 0 Å². The zero-order valence-corrected chi connectivity index (χ0v) is 17.5. The molecule has 0 aliphatic heterocycles. The topological polar surface area (TPSA) is 91.6 Å². The van der Waals surface area contributed by atoms with Crippen LogP contribution in [0.4, 0.5) is 0 Å². The predicted octanol–water partition coefficient (Wildman–Crippen LogP) is 2.96. The average molecular weight is 431 g/mol. The summed E-state index contributed by atoms with van der Waals surface area (Å²) in [6.45, 7) is 1.69. The SMILES string of the molecule is C/C(=N\NC(=O)CSc1n[nH+]c(SCc2ccccc2)s1)c1ccccc1[O-]. The maximum absolute atomic E-state index is 12.0. The molecule has 3 rings (SSSR count). The van der Waals surface area contributed by atoms with Crippen molar-refractivity contribution in [3.05, 3.63) is 65.7 Å². The van der Waals surface area contributed by atoms with E-state index in [2.05, 4.69) is 32.9 Å². The average Bonchev–Trinajstić information content (AvgIpc) is 3.18. The quantitative estimate of drug-likeness (QED) is 0.337. The van der Waals surface area contributed by atoms with E-state index >= 15 is 0 Å². The molecule has 2 aromatic carbocycles. The van der Waals surface area contributed by atoms with Crippen LogP contribution in [0.25, 0.3) is 0 Å². The summed E-state index contributed by atoms with van der Waals surface area (Å²) in [7, 11) is 0. The van der Waals surface area contributed by atoms with Gasteiger partial charge >= 0.3 is 4.34 Å². The molecule has 0 aliphatic rings. The number of H-pyrrole nitrogens is 1. The largest absolute Gasteiger partial charge is 0.872 e. The number of aromatic nitrogens is 2. The molecule has 28 heavy (non-hydrogen) atoms. The van der Waals surface area contributed by atoms with Crippen LogP contribution in [-0.2, 0) is 10.5 Å². The van der Waals surface area contributed by atoms with Gasteiger partial charge in [0.05, 0.1) is 11.5 Å². The van der Waals surface area contributed by atoms with Gasteiger partial charge in [-0.1, -0.05) is 77.2 Å². The van der Waals surface area contributed by atoms with E-state index in [9.17, 15) is 9.90 Å². The molecule has 0 spiro atoms. The van der Waals surface area contributed by atoms with E-state index in [1.54, 1.807) is 36.9 Å². The fraction of sp³-hybridized carbons (Fsp3) is 0.158. The van der Waals surface area contributed by atoms with Crippen molar-refractivity contribution in [2.75, 3.05) is 5.75 Å². The summed E-state index contributed by atoms with van der Waals surface area (Å²) in [6.07, 6.45) is 0. The van der Waals surface area contributed by atoms with Gasteiger partial charge in [-0.15, -0.1) is 0 Å². The Kier molecular flexibility index (Phi) is 7.46. The Hall–Kier alpha value is -2.36. The summed E-state index contributed by atoms with van der Waals surface area (Å²) in [5, 5.41) is 23.0. The Labute approximate surface area is 175 Å². The molecule has 6 nitrogen and oxygen atoms in total. The van der Waals surface area contributed by atoms with Crippen molar-refractivity contribution in [3.8, 4) is 5.75 Å². The molecule has 3 aromatic rings. The maximum Gasteiger partial charge on any atom is 0.323 e. The van der Waals surface area contributed by atoms with Crippen molar-refractivity contribution < 1.29 is 15.0 Å². The molecule has 0 saturated heterocycles. The highest BCUT2D eigenvalue weighted by Crippen LogP contribution is 2.28.